The summed E-state index contributed by atoms with van der Waals surface area (Å²) in [4.78, 5) is 15.3. The summed E-state index contributed by atoms with van der Waals surface area (Å²) in [6.07, 6.45) is 1.76. The summed E-state index contributed by atoms with van der Waals surface area (Å²) in [6, 6.07) is 7.58. The summed E-state index contributed by atoms with van der Waals surface area (Å²) in [5, 5.41) is 18.5. The summed E-state index contributed by atoms with van der Waals surface area (Å²) in [6.45, 7) is 0.288. The molecule has 3 rings (SSSR count). The molecule has 2 aromatic heterocycles. The SMILES string of the molecule is C[Se]c1cc(-c2cn(CCC(=O)O)nn2)c2cc(Cl)ccc2n1. The number of carbonyl (C=O) groups is 1. The molecule has 118 valence electrons. The second kappa shape index (κ2) is 6.66. The third-order valence-electron chi connectivity index (χ3n) is 3.33. The van der Waals surface area contributed by atoms with Crippen molar-refractivity contribution in [3.05, 3.63) is 35.5 Å². The van der Waals surface area contributed by atoms with Gasteiger partial charge in [0.05, 0.1) is 0 Å². The van der Waals surface area contributed by atoms with E-state index >= 15 is 0 Å². The van der Waals surface area contributed by atoms with E-state index in [9.17, 15) is 4.79 Å². The van der Waals surface area contributed by atoms with Crippen molar-refractivity contribution in [2.24, 2.45) is 0 Å². The van der Waals surface area contributed by atoms with Crippen LogP contribution in [0.1, 0.15) is 6.42 Å². The molecular weight excluding hydrogens is 383 g/mol. The monoisotopic (exact) mass is 396 g/mol. The van der Waals surface area contributed by atoms with E-state index in [1.165, 1.54) is 4.68 Å². The molecule has 1 N–H and O–H groups in total. The fourth-order valence-electron chi connectivity index (χ4n) is 2.23. The van der Waals surface area contributed by atoms with Gasteiger partial charge in [0.15, 0.2) is 0 Å². The Hall–Kier alpha value is -1.95. The van der Waals surface area contributed by atoms with Gasteiger partial charge in [0.25, 0.3) is 0 Å². The number of aromatic nitrogens is 4. The molecule has 0 saturated carbocycles. The predicted octanol–water partition coefficient (Wildman–Crippen LogP) is 2.00. The molecule has 0 spiro atoms. The van der Waals surface area contributed by atoms with Crippen molar-refractivity contribution in [1.29, 1.82) is 0 Å². The molecule has 0 amide bonds. The van der Waals surface area contributed by atoms with Gasteiger partial charge in [-0.1, -0.05) is 0 Å². The molecule has 8 heteroatoms. The Balaban J connectivity index is 2.07. The first-order valence-corrected chi connectivity index (χ1v) is 9.78. The molecular formula is C15H13ClN4O2Se. The van der Waals surface area contributed by atoms with E-state index in [1.54, 1.807) is 6.20 Å². The molecule has 2 heterocycles. The van der Waals surface area contributed by atoms with Crippen molar-refractivity contribution in [2.45, 2.75) is 18.8 Å². The van der Waals surface area contributed by atoms with E-state index in [4.69, 9.17) is 16.7 Å². The summed E-state index contributed by atoms with van der Waals surface area (Å²) in [5.74, 6) is 1.24. The maximum atomic E-state index is 10.7. The van der Waals surface area contributed by atoms with Crippen LogP contribution in [0.25, 0.3) is 22.2 Å². The van der Waals surface area contributed by atoms with Crippen LogP contribution in [0.2, 0.25) is 10.8 Å². The van der Waals surface area contributed by atoms with Gasteiger partial charge in [-0.15, -0.1) is 0 Å². The van der Waals surface area contributed by atoms with Crippen LogP contribution in [-0.4, -0.2) is 46.0 Å². The Morgan fingerprint density at radius 2 is 2.22 bits per heavy atom. The summed E-state index contributed by atoms with van der Waals surface area (Å²) in [5.41, 5.74) is 2.47. The van der Waals surface area contributed by atoms with Gasteiger partial charge >= 0.3 is 143 Å². The van der Waals surface area contributed by atoms with Crippen LogP contribution in [-0.2, 0) is 11.3 Å². The van der Waals surface area contributed by atoms with E-state index in [-0.39, 0.29) is 27.9 Å². The van der Waals surface area contributed by atoms with Crippen molar-refractivity contribution < 1.29 is 9.90 Å². The molecule has 0 saturated heterocycles. The number of hydrogen-bond acceptors (Lipinski definition) is 4. The first-order valence-electron chi connectivity index (χ1n) is 6.83. The number of halogens is 1. The number of aryl methyl sites for hydroxylation is 1. The number of carboxylic acid groups (broad SMARTS) is 1. The van der Waals surface area contributed by atoms with Gasteiger partial charge in [-0.2, -0.15) is 0 Å². The minimum atomic E-state index is -0.862. The Bertz CT molecular complexity index is 881. The Morgan fingerprint density at radius 1 is 1.39 bits per heavy atom. The molecule has 0 atom stereocenters. The molecule has 0 unspecified atom stereocenters. The molecule has 0 bridgehead atoms. The average molecular weight is 396 g/mol. The van der Waals surface area contributed by atoms with Crippen LogP contribution in [0, 0.1) is 0 Å². The molecule has 0 aliphatic heterocycles. The number of rotatable bonds is 5. The van der Waals surface area contributed by atoms with Crippen LogP contribution < -0.4 is 4.59 Å². The normalized spacial score (nSPS) is 11.0. The first kappa shape index (κ1) is 15.9. The standard InChI is InChI=1S/C15H13ClN4O2Se/c1-23-14-7-11(10-6-9(16)2-3-12(10)17-14)13-8-20(19-18-13)5-4-15(21)22/h2-3,6-8H,4-5H2,1H3,(H,21,22). The zero-order valence-corrected chi connectivity index (χ0v) is 14.7. The van der Waals surface area contributed by atoms with Gasteiger partial charge < -0.3 is 0 Å². The molecule has 0 aliphatic carbocycles. The van der Waals surface area contributed by atoms with Crippen LogP contribution in [0.15, 0.2) is 30.5 Å². The number of carboxylic acids is 1. The predicted molar refractivity (Wildman–Crippen MR) is 89.3 cm³/mol. The number of aliphatic carboxylic acids is 1. The van der Waals surface area contributed by atoms with E-state index in [2.05, 4.69) is 21.1 Å². The zero-order valence-electron chi connectivity index (χ0n) is 12.2. The van der Waals surface area contributed by atoms with Crippen LogP contribution in [0.4, 0.5) is 0 Å². The molecule has 0 fully saturated rings. The van der Waals surface area contributed by atoms with Crippen molar-refractivity contribution in [2.75, 3.05) is 0 Å². The molecule has 23 heavy (non-hydrogen) atoms. The fourth-order valence-corrected chi connectivity index (χ4v) is 3.30. The fraction of sp³-hybridized carbons (Fsp3) is 0.200. The Labute approximate surface area is 143 Å². The topological polar surface area (TPSA) is 80.9 Å². The van der Waals surface area contributed by atoms with Crippen molar-refractivity contribution in [1.82, 2.24) is 20.0 Å². The maximum absolute atomic E-state index is 10.7. The number of fused-ring (bicyclic) bond motifs is 1. The van der Waals surface area contributed by atoms with E-state index < -0.39 is 5.97 Å². The van der Waals surface area contributed by atoms with Gasteiger partial charge in [0.2, 0.25) is 0 Å². The van der Waals surface area contributed by atoms with Crippen LogP contribution >= 0.6 is 11.6 Å². The molecule has 6 nitrogen and oxygen atoms in total. The van der Waals surface area contributed by atoms with Gasteiger partial charge in [-0.25, -0.2) is 0 Å². The quantitative estimate of drug-likeness (QED) is 0.668. The summed E-state index contributed by atoms with van der Waals surface area (Å²) >= 11 is 6.36. The molecule has 1 aromatic carbocycles. The Morgan fingerprint density at radius 3 is 2.96 bits per heavy atom. The van der Waals surface area contributed by atoms with Crippen molar-refractivity contribution >= 4 is 48.0 Å². The van der Waals surface area contributed by atoms with Gasteiger partial charge in [0.1, 0.15) is 0 Å². The number of pyridine rings is 1. The second-order valence-corrected chi connectivity index (χ2v) is 7.05. The zero-order chi connectivity index (χ0) is 16.4. The molecule has 0 aliphatic rings. The number of hydrogen-bond donors (Lipinski definition) is 1. The van der Waals surface area contributed by atoms with E-state index in [0.29, 0.717) is 10.7 Å². The minimum absolute atomic E-state index is 0.00897. The number of nitrogens with zero attached hydrogens (tertiary/aromatic N) is 4. The van der Waals surface area contributed by atoms with Gasteiger partial charge in [0, 0.05) is 0 Å². The van der Waals surface area contributed by atoms with E-state index in [1.807, 2.05) is 24.3 Å². The molecule has 3 aromatic rings. The average Bonchev–Trinajstić information content (AvgIpc) is 3.00. The summed E-state index contributed by atoms with van der Waals surface area (Å²) in [7, 11) is 0. The third kappa shape index (κ3) is 3.52. The number of benzene rings is 1. The van der Waals surface area contributed by atoms with Crippen molar-refractivity contribution in [3.63, 3.8) is 0 Å². The second-order valence-electron chi connectivity index (χ2n) is 4.88. The molecule has 0 radical (unpaired) electrons. The van der Waals surface area contributed by atoms with Crippen molar-refractivity contribution in [3.8, 4) is 11.3 Å². The van der Waals surface area contributed by atoms with Crippen LogP contribution in [0.3, 0.4) is 0 Å². The Kier molecular flexibility index (Phi) is 4.61. The summed E-state index contributed by atoms with van der Waals surface area (Å²) < 4.78 is 2.55. The first-order chi connectivity index (χ1) is 11.1. The van der Waals surface area contributed by atoms with E-state index in [0.717, 1.165) is 21.1 Å². The van der Waals surface area contributed by atoms with Crippen LogP contribution in [0.5, 0.6) is 0 Å². The van der Waals surface area contributed by atoms with Gasteiger partial charge in [-0.05, 0) is 0 Å². The third-order valence-corrected chi connectivity index (χ3v) is 4.88. The van der Waals surface area contributed by atoms with Gasteiger partial charge in [-0.3, -0.25) is 0 Å².